The highest BCUT2D eigenvalue weighted by Gasteiger charge is 2.45. The Morgan fingerprint density at radius 3 is 2.64 bits per heavy atom. The van der Waals surface area contributed by atoms with Gasteiger partial charge in [0.2, 0.25) is 0 Å². The molecule has 9 heteroatoms. The minimum absolute atomic E-state index is 0.0627. The van der Waals surface area contributed by atoms with Crippen LogP contribution in [0.5, 0.6) is 0 Å². The molecule has 3 heterocycles. The molecule has 42 heavy (non-hydrogen) atoms. The minimum atomic E-state index is -0.518. The van der Waals surface area contributed by atoms with Gasteiger partial charge in [-0.15, -0.1) is 0 Å². The minimum Gasteiger partial charge on any atom is -0.465 e. The van der Waals surface area contributed by atoms with Gasteiger partial charge in [0.05, 0.1) is 36.4 Å². The number of carbonyl (C=O) groups is 2. The van der Waals surface area contributed by atoms with Crippen molar-refractivity contribution in [2.24, 2.45) is 7.05 Å². The number of hydrogen-bond acceptors (Lipinski definition) is 5. The molecule has 0 N–H and O–H groups in total. The van der Waals surface area contributed by atoms with Crippen LogP contribution in [0.15, 0.2) is 61.1 Å². The molecule has 0 bridgehead atoms. The van der Waals surface area contributed by atoms with Crippen LogP contribution in [-0.2, 0) is 11.8 Å². The highest BCUT2D eigenvalue weighted by atomic mass is 19.1. The van der Waals surface area contributed by atoms with Crippen LogP contribution in [0.2, 0.25) is 0 Å². The summed E-state index contributed by atoms with van der Waals surface area (Å²) in [7, 11) is 3.25. The summed E-state index contributed by atoms with van der Waals surface area (Å²) >= 11 is 0. The molecule has 1 amide bonds. The lowest BCUT2D eigenvalue weighted by Gasteiger charge is -2.36. The number of carbonyl (C=O) groups excluding carboxylic acids is 2. The average Bonchev–Trinajstić information content (AvgIpc) is 3.46. The van der Waals surface area contributed by atoms with Gasteiger partial charge < -0.3 is 9.64 Å². The first kappa shape index (κ1) is 27.9. The first-order valence-corrected chi connectivity index (χ1v) is 14.8. The number of nitrogens with zero attached hydrogens (tertiary/aromatic N) is 5. The van der Waals surface area contributed by atoms with Crippen molar-refractivity contribution in [1.82, 2.24) is 24.5 Å². The zero-order valence-corrected chi connectivity index (χ0v) is 24.3. The molecule has 2 aromatic heterocycles. The van der Waals surface area contributed by atoms with Gasteiger partial charge in [-0.05, 0) is 67.3 Å². The molecule has 3 unspecified atom stereocenters. The molecule has 3 atom stereocenters. The Balaban J connectivity index is 1.35. The van der Waals surface area contributed by atoms with Gasteiger partial charge in [-0.2, -0.15) is 10.2 Å². The number of piperidine rings is 1. The van der Waals surface area contributed by atoms with Gasteiger partial charge in [0.25, 0.3) is 5.91 Å². The molecule has 2 aromatic carbocycles. The normalized spacial score (nSPS) is 20.0. The summed E-state index contributed by atoms with van der Waals surface area (Å²) in [5.74, 6) is -0.924. The molecule has 2 aliphatic rings. The van der Waals surface area contributed by atoms with Gasteiger partial charge in [0.1, 0.15) is 11.4 Å². The summed E-state index contributed by atoms with van der Waals surface area (Å²) in [6, 6.07) is 12.6. The van der Waals surface area contributed by atoms with Crippen LogP contribution >= 0.6 is 0 Å². The lowest BCUT2D eigenvalue weighted by molar-refractivity contribution is 0.0589. The Morgan fingerprint density at radius 1 is 1.05 bits per heavy atom. The van der Waals surface area contributed by atoms with Gasteiger partial charge in [0, 0.05) is 37.3 Å². The lowest BCUT2D eigenvalue weighted by atomic mass is 9.96. The van der Waals surface area contributed by atoms with Crippen LogP contribution in [0.1, 0.15) is 89.3 Å². The summed E-state index contributed by atoms with van der Waals surface area (Å²) in [4.78, 5) is 28.1. The van der Waals surface area contributed by atoms with E-state index in [9.17, 15) is 9.59 Å². The molecule has 1 saturated heterocycles. The van der Waals surface area contributed by atoms with Crippen molar-refractivity contribution in [3.8, 4) is 16.8 Å². The highest BCUT2D eigenvalue weighted by Crippen LogP contribution is 2.55. The molecule has 0 spiro atoms. The van der Waals surface area contributed by atoms with Crippen molar-refractivity contribution in [1.29, 1.82) is 0 Å². The van der Waals surface area contributed by atoms with Crippen LogP contribution < -0.4 is 0 Å². The molecule has 1 aliphatic carbocycles. The maximum Gasteiger partial charge on any atom is 0.341 e. The summed E-state index contributed by atoms with van der Waals surface area (Å²) in [5, 5.41) is 8.88. The van der Waals surface area contributed by atoms with Gasteiger partial charge in [-0.3, -0.25) is 9.48 Å². The van der Waals surface area contributed by atoms with E-state index >= 15 is 4.39 Å². The SMILES string of the molecule is CCCC1CCCCN1C(=O)c1cccc(-c2cccc(-n3ncc(C(=O)OC)c3C3CC3c3cnn(C)c3)c2)c1F. The third-order valence-electron chi connectivity index (χ3n) is 8.65. The number of halogens is 1. The monoisotopic (exact) mass is 569 g/mol. The molecule has 1 saturated carbocycles. The molecule has 8 nitrogen and oxygen atoms in total. The number of methoxy groups -OCH3 is 1. The van der Waals surface area contributed by atoms with E-state index in [-0.39, 0.29) is 29.3 Å². The summed E-state index contributed by atoms with van der Waals surface area (Å²) in [6.45, 7) is 2.78. The topological polar surface area (TPSA) is 82.2 Å². The van der Waals surface area contributed by atoms with E-state index in [1.54, 1.807) is 27.6 Å². The van der Waals surface area contributed by atoms with E-state index in [0.29, 0.717) is 28.9 Å². The Morgan fingerprint density at radius 2 is 1.88 bits per heavy atom. The number of hydrogen-bond donors (Lipinski definition) is 0. The first-order chi connectivity index (χ1) is 20.4. The van der Waals surface area contributed by atoms with Crippen molar-refractivity contribution in [3.05, 3.63) is 89.3 Å². The Hall–Kier alpha value is -4.27. The number of amides is 1. The quantitative estimate of drug-likeness (QED) is 0.234. The smallest absolute Gasteiger partial charge is 0.341 e. The Kier molecular flexibility index (Phi) is 7.66. The van der Waals surface area contributed by atoms with Gasteiger partial charge in [-0.1, -0.05) is 37.6 Å². The zero-order chi connectivity index (χ0) is 29.4. The summed E-state index contributed by atoms with van der Waals surface area (Å²) in [6.07, 6.45) is 11.2. The Bertz CT molecular complexity index is 1620. The molecular weight excluding hydrogens is 533 g/mol. The number of likely N-dealkylation sites (tertiary alicyclic amines) is 1. The standard InChI is InChI=1S/C33H36FN5O3/c1-4-9-23-11-5-6-15-38(23)32(40)26-14-8-13-25(30(26)34)21-10-7-12-24(16-21)39-31(29(19-36-39)33(41)42-3)28-17-27(28)22-18-35-37(2)20-22/h7-8,10,12-14,16,18-20,23,27-28H,4-6,9,11,15,17H2,1-3H3. The second-order valence-electron chi connectivity index (χ2n) is 11.4. The van der Waals surface area contributed by atoms with Crippen molar-refractivity contribution < 1.29 is 18.7 Å². The lowest BCUT2D eigenvalue weighted by Crippen LogP contribution is -2.44. The second kappa shape index (κ2) is 11.5. The van der Waals surface area contributed by atoms with E-state index < -0.39 is 11.8 Å². The molecule has 1 aliphatic heterocycles. The van der Waals surface area contributed by atoms with Gasteiger partial charge in [0.15, 0.2) is 0 Å². The molecule has 0 radical (unpaired) electrons. The van der Waals surface area contributed by atoms with Crippen LogP contribution in [-0.4, -0.2) is 56.0 Å². The fraction of sp³-hybridized carbons (Fsp3) is 0.394. The van der Waals surface area contributed by atoms with Crippen molar-refractivity contribution in [2.45, 2.75) is 63.3 Å². The van der Waals surface area contributed by atoms with Crippen LogP contribution in [0.25, 0.3) is 16.8 Å². The maximum absolute atomic E-state index is 16.1. The summed E-state index contributed by atoms with van der Waals surface area (Å²) < 4.78 is 24.7. The van der Waals surface area contributed by atoms with Crippen LogP contribution in [0, 0.1) is 5.82 Å². The summed E-state index contributed by atoms with van der Waals surface area (Å²) in [5.41, 5.74) is 4.08. The average molecular weight is 570 g/mol. The van der Waals surface area contributed by atoms with Crippen molar-refractivity contribution in [2.75, 3.05) is 13.7 Å². The van der Waals surface area contributed by atoms with E-state index in [4.69, 9.17) is 4.74 Å². The van der Waals surface area contributed by atoms with E-state index in [1.165, 1.54) is 13.3 Å². The van der Waals surface area contributed by atoms with E-state index in [1.807, 2.05) is 48.6 Å². The zero-order valence-electron chi connectivity index (χ0n) is 24.3. The van der Waals surface area contributed by atoms with Crippen LogP contribution in [0.4, 0.5) is 4.39 Å². The number of ether oxygens (including phenoxy) is 1. The largest absolute Gasteiger partial charge is 0.465 e. The number of aryl methyl sites for hydroxylation is 1. The third-order valence-corrected chi connectivity index (χ3v) is 8.65. The first-order valence-electron chi connectivity index (χ1n) is 14.8. The van der Waals surface area contributed by atoms with Crippen molar-refractivity contribution in [3.63, 3.8) is 0 Å². The number of esters is 1. The number of benzene rings is 2. The molecule has 218 valence electrons. The highest BCUT2D eigenvalue weighted by molar-refractivity contribution is 5.96. The second-order valence-corrected chi connectivity index (χ2v) is 11.4. The molecule has 6 rings (SSSR count). The van der Waals surface area contributed by atoms with E-state index in [2.05, 4.69) is 17.1 Å². The molecular formula is C33H36FN5O3. The Labute approximate surface area is 245 Å². The fourth-order valence-electron chi connectivity index (χ4n) is 6.47. The van der Waals surface area contributed by atoms with Gasteiger partial charge >= 0.3 is 5.97 Å². The van der Waals surface area contributed by atoms with Gasteiger partial charge in [-0.25, -0.2) is 13.9 Å². The van der Waals surface area contributed by atoms with Crippen LogP contribution in [0.3, 0.4) is 0 Å². The number of rotatable bonds is 8. The molecule has 2 fully saturated rings. The predicted octanol–water partition coefficient (Wildman–Crippen LogP) is 6.26. The number of aromatic nitrogens is 4. The van der Waals surface area contributed by atoms with E-state index in [0.717, 1.165) is 49.8 Å². The van der Waals surface area contributed by atoms with Crippen molar-refractivity contribution >= 4 is 11.9 Å². The molecule has 4 aromatic rings. The fourth-order valence-corrected chi connectivity index (χ4v) is 6.47. The predicted molar refractivity (Wildman–Crippen MR) is 157 cm³/mol. The maximum atomic E-state index is 16.1. The third kappa shape index (κ3) is 5.12.